The number of sulfonamides is 1. The average molecular weight is 619 g/mol. The van der Waals surface area contributed by atoms with Crippen molar-refractivity contribution in [2.24, 2.45) is 0 Å². The van der Waals surface area contributed by atoms with E-state index in [2.05, 4.69) is 15.5 Å². The Kier molecular flexibility index (Phi) is 8.15. The summed E-state index contributed by atoms with van der Waals surface area (Å²) in [4.78, 5) is 12.7. The summed E-state index contributed by atoms with van der Waals surface area (Å²) in [6.45, 7) is 5.95. The van der Waals surface area contributed by atoms with Crippen LogP contribution >= 0.6 is 23.2 Å². The van der Waals surface area contributed by atoms with Gasteiger partial charge in [-0.25, -0.2) is 8.42 Å². The third kappa shape index (κ3) is 6.75. The van der Waals surface area contributed by atoms with Gasteiger partial charge in [-0.1, -0.05) is 23.2 Å². The molecule has 0 saturated carbocycles. The summed E-state index contributed by atoms with van der Waals surface area (Å²) in [5.74, 6) is 0.542. The molecule has 41 heavy (non-hydrogen) atoms. The van der Waals surface area contributed by atoms with Crippen molar-refractivity contribution in [1.82, 2.24) is 14.8 Å². The van der Waals surface area contributed by atoms with Gasteiger partial charge >= 0.3 is 5.97 Å². The van der Waals surface area contributed by atoms with Gasteiger partial charge in [0.15, 0.2) is 5.82 Å². The van der Waals surface area contributed by atoms with E-state index in [9.17, 15) is 13.2 Å². The number of esters is 1. The predicted octanol–water partition coefficient (Wildman–Crippen LogP) is 5.47. The highest BCUT2D eigenvalue weighted by Crippen LogP contribution is 2.31. The molecule has 1 aliphatic rings. The zero-order chi connectivity index (χ0) is 29.4. The van der Waals surface area contributed by atoms with E-state index in [1.165, 1.54) is 18.2 Å². The molecule has 1 N–H and O–H groups in total. The normalized spacial score (nSPS) is 15.7. The maximum absolute atomic E-state index is 13.8. The van der Waals surface area contributed by atoms with Crippen LogP contribution in [0.3, 0.4) is 0 Å². The van der Waals surface area contributed by atoms with E-state index in [0.717, 1.165) is 28.2 Å². The molecule has 0 amide bonds. The molecule has 5 rings (SSSR count). The predicted molar refractivity (Wildman–Crippen MR) is 159 cm³/mol. The minimum Gasteiger partial charge on any atom is -0.459 e. The second kappa shape index (κ2) is 11.5. The zero-order valence-electron chi connectivity index (χ0n) is 22.7. The molecule has 216 valence electrons. The number of hydrogen-bond donors (Lipinski definition) is 1. The lowest BCUT2D eigenvalue weighted by Crippen LogP contribution is -2.39. The van der Waals surface area contributed by atoms with Gasteiger partial charge in [0.2, 0.25) is 0 Å². The number of carbonyl (C=O) groups excluding carboxylic acids is 1. The Morgan fingerprint density at radius 3 is 2.49 bits per heavy atom. The van der Waals surface area contributed by atoms with E-state index in [-0.39, 0.29) is 26.7 Å². The number of benzene rings is 2. The number of rotatable bonds is 8. The highest BCUT2D eigenvalue weighted by molar-refractivity contribution is 7.92. The molecule has 13 heteroatoms. The molecule has 2 aromatic heterocycles. The standard InChI is InChI=1S/C28H29Cl2N5O5S/c1-28(2,3)40-27(36)16-35(41(37,38)23-14-19(29)13-20(30)15-23)22-4-5-24-18(12-22)8-10-34(24)26-7-6-25(32-33-26)31-21-9-11-39-17-21/h4-8,10,12-15,21H,9,11,16-17H2,1-3H3,(H,31,32)/t21-/m1/s1. The molecule has 1 aliphatic heterocycles. The van der Waals surface area contributed by atoms with E-state index >= 15 is 0 Å². The zero-order valence-corrected chi connectivity index (χ0v) is 25.0. The Labute approximate surface area is 248 Å². The number of nitrogens with zero attached hydrogens (tertiary/aromatic N) is 4. The Morgan fingerprint density at radius 1 is 1.10 bits per heavy atom. The van der Waals surface area contributed by atoms with Gasteiger partial charge in [-0.3, -0.25) is 13.7 Å². The molecule has 10 nitrogen and oxygen atoms in total. The first-order chi connectivity index (χ1) is 19.4. The number of fused-ring (bicyclic) bond motifs is 1. The fourth-order valence-electron chi connectivity index (χ4n) is 4.48. The van der Waals surface area contributed by atoms with Crippen LogP contribution in [-0.2, 0) is 24.3 Å². The fourth-order valence-corrected chi connectivity index (χ4v) is 6.61. The quantitative estimate of drug-likeness (QED) is 0.259. The highest BCUT2D eigenvalue weighted by atomic mass is 35.5. The first kappa shape index (κ1) is 29.1. The van der Waals surface area contributed by atoms with Crippen LogP contribution in [0, 0.1) is 0 Å². The van der Waals surface area contributed by atoms with Crippen LogP contribution < -0.4 is 9.62 Å². The Hall–Kier alpha value is -3.38. The molecule has 0 radical (unpaired) electrons. The van der Waals surface area contributed by atoms with Gasteiger partial charge in [0, 0.05) is 28.2 Å². The molecule has 0 unspecified atom stereocenters. The number of nitrogens with one attached hydrogen (secondary N) is 1. The lowest BCUT2D eigenvalue weighted by Gasteiger charge is -2.26. The van der Waals surface area contributed by atoms with Crippen molar-refractivity contribution in [3.63, 3.8) is 0 Å². The molecular weight excluding hydrogens is 589 g/mol. The number of hydrogen-bond acceptors (Lipinski definition) is 8. The fraction of sp³-hybridized carbons (Fsp3) is 0.321. The van der Waals surface area contributed by atoms with E-state index < -0.39 is 28.1 Å². The van der Waals surface area contributed by atoms with Gasteiger partial charge in [-0.2, -0.15) is 0 Å². The van der Waals surface area contributed by atoms with Crippen LogP contribution in [-0.4, -0.2) is 60.6 Å². The highest BCUT2D eigenvalue weighted by Gasteiger charge is 2.30. The summed E-state index contributed by atoms with van der Waals surface area (Å²) in [5.41, 5.74) is 0.235. The number of ether oxygens (including phenoxy) is 2. The minimum absolute atomic E-state index is 0.149. The topological polar surface area (TPSA) is 116 Å². The van der Waals surface area contributed by atoms with Gasteiger partial charge < -0.3 is 14.8 Å². The summed E-state index contributed by atoms with van der Waals surface area (Å²) in [5, 5.41) is 13.0. The monoisotopic (exact) mass is 617 g/mol. The van der Waals surface area contributed by atoms with Crippen LogP contribution in [0.2, 0.25) is 10.0 Å². The van der Waals surface area contributed by atoms with Crippen LogP contribution in [0.4, 0.5) is 11.5 Å². The number of aromatic nitrogens is 3. The van der Waals surface area contributed by atoms with Crippen molar-refractivity contribution < 1.29 is 22.7 Å². The van der Waals surface area contributed by atoms with Crippen molar-refractivity contribution >= 4 is 61.6 Å². The van der Waals surface area contributed by atoms with Crippen molar-refractivity contribution in [3.8, 4) is 5.82 Å². The first-order valence-corrected chi connectivity index (χ1v) is 15.1. The number of halogens is 2. The molecule has 0 bridgehead atoms. The Bertz CT molecular complexity index is 1660. The van der Waals surface area contributed by atoms with Gasteiger partial charge in [0.05, 0.1) is 28.7 Å². The van der Waals surface area contributed by atoms with Crippen LogP contribution in [0.5, 0.6) is 0 Å². The van der Waals surface area contributed by atoms with Crippen LogP contribution in [0.25, 0.3) is 16.7 Å². The summed E-state index contributed by atoms with van der Waals surface area (Å²) in [6.07, 6.45) is 2.73. The van der Waals surface area contributed by atoms with Crippen molar-refractivity contribution in [2.75, 3.05) is 29.4 Å². The Morgan fingerprint density at radius 2 is 1.85 bits per heavy atom. The summed E-state index contributed by atoms with van der Waals surface area (Å²) in [7, 11) is -4.26. The average Bonchev–Trinajstić information content (AvgIpc) is 3.56. The SMILES string of the molecule is CC(C)(C)OC(=O)CN(c1ccc2c(ccn2-c2ccc(N[C@@H]3CCOC3)nn2)c1)S(=O)(=O)c1cc(Cl)cc(Cl)c1. The molecule has 0 aliphatic carbocycles. The van der Waals surface area contributed by atoms with E-state index in [1.807, 2.05) is 29.0 Å². The summed E-state index contributed by atoms with van der Waals surface area (Å²) in [6, 6.07) is 14.8. The Balaban J connectivity index is 1.48. The molecule has 1 saturated heterocycles. The van der Waals surface area contributed by atoms with Gasteiger partial charge in [0.25, 0.3) is 10.0 Å². The van der Waals surface area contributed by atoms with Crippen molar-refractivity contribution in [1.29, 1.82) is 0 Å². The lowest BCUT2D eigenvalue weighted by atomic mass is 10.2. The summed E-state index contributed by atoms with van der Waals surface area (Å²) < 4.78 is 41.3. The van der Waals surface area contributed by atoms with Crippen LogP contribution in [0.1, 0.15) is 27.2 Å². The molecular formula is C28H29Cl2N5O5S. The van der Waals surface area contributed by atoms with Crippen LogP contribution in [0.15, 0.2) is 65.7 Å². The molecule has 4 aromatic rings. The maximum Gasteiger partial charge on any atom is 0.327 e. The molecule has 0 spiro atoms. The van der Waals surface area contributed by atoms with Gasteiger partial charge in [-0.15, -0.1) is 10.2 Å². The van der Waals surface area contributed by atoms with Gasteiger partial charge in [0.1, 0.15) is 18.0 Å². The van der Waals surface area contributed by atoms with Crippen molar-refractivity contribution in [2.45, 2.75) is 43.7 Å². The molecule has 3 heterocycles. The van der Waals surface area contributed by atoms with Crippen molar-refractivity contribution in [3.05, 3.63) is 70.8 Å². The van der Waals surface area contributed by atoms with Gasteiger partial charge in [-0.05, 0) is 81.8 Å². The van der Waals surface area contributed by atoms with E-state index in [1.54, 1.807) is 39.0 Å². The minimum atomic E-state index is -4.26. The number of anilines is 2. The largest absolute Gasteiger partial charge is 0.459 e. The molecule has 2 aromatic carbocycles. The third-order valence-electron chi connectivity index (χ3n) is 6.26. The third-order valence-corrected chi connectivity index (χ3v) is 8.45. The number of carbonyl (C=O) groups is 1. The molecule has 1 fully saturated rings. The maximum atomic E-state index is 13.8. The molecule has 1 atom stereocenters. The second-order valence-corrected chi connectivity index (χ2v) is 13.3. The lowest BCUT2D eigenvalue weighted by molar-refractivity contribution is -0.152. The smallest absolute Gasteiger partial charge is 0.327 e. The summed E-state index contributed by atoms with van der Waals surface area (Å²) >= 11 is 12.2. The van der Waals surface area contributed by atoms with E-state index in [0.29, 0.717) is 18.2 Å². The first-order valence-electron chi connectivity index (χ1n) is 12.9. The second-order valence-electron chi connectivity index (χ2n) is 10.6. The van der Waals surface area contributed by atoms with E-state index in [4.69, 9.17) is 32.7 Å².